The molecule has 1 aliphatic carbocycles. The van der Waals surface area contributed by atoms with Gasteiger partial charge in [-0.1, -0.05) is 12.1 Å². The summed E-state index contributed by atoms with van der Waals surface area (Å²) in [6.45, 7) is 2.48. The van der Waals surface area contributed by atoms with Crippen LogP contribution in [0.15, 0.2) is 30.5 Å². The van der Waals surface area contributed by atoms with E-state index in [4.69, 9.17) is 0 Å². The minimum atomic E-state index is -0.301. The molecule has 1 N–H and O–H groups in total. The van der Waals surface area contributed by atoms with E-state index in [1.165, 1.54) is 12.1 Å². The fourth-order valence-corrected chi connectivity index (χ4v) is 3.95. The van der Waals surface area contributed by atoms with Gasteiger partial charge in [-0.25, -0.2) is 14.4 Å². The van der Waals surface area contributed by atoms with Crippen molar-refractivity contribution < 1.29 is 14.0 Å². The molecule has 0 radical (unpaired) electrons. The number of carbonyl (C=O) groups is 2. The summed E-state index contributed by atoms with van der Waals surface area (Å²) in [5.74, 6) is 0.904. The number of rotatable bonds is 6. The first-order chi connectivity index (χ1) is 14.3. The summed E-state index contributed by atoms with van der Waals surface area (Å²) >= 11 is 0. The average Bonchev–Trinajstić information content (AvgIpc) is 2.73. The molecule has 0 unspecified atom stereocenters. The van der Waals surface area contributed by atoms with Gasteiger partial charge in [0.05, 0.1) is 17.7 Å². The molecule has 1 aromatic carbocycles. The number of aryl methyl sites for hydroxylation is 1. The van der Waals surface area contributed by atoms with Crippen LogP contribution in [-0.2, 0) is 11.2 Å². The molecular formula is C23H29FN4O2. The fraction of sp³-hybridized carbons (Fsp3) is 0.478. The van der Waals surface area contributed by atoms with Crippen LogP contribution in [0.1, 0.15) is 59.0 Å². The van der Waals surface area contributed by atoms with Gasteiger partial charge in [-0.2, -0.15) is 0 Å². The smallest absolute Gasteiger partial charge is 0.256 e. The molecule has 0 saturated heterocycles. The van der Waals surface area contributed by atoms with Crippen molar-refractivity contribution in [2.45, 2.75) is 44.9 Å². The number of aromatic nitrogens is 2. The highest BCUT2D eigenvalue weighted by atomic mass is 19.1. The highest BCUT2D eigenvalue weighted by molar-refractivity contribution is 5.94. The molecule has 6 nitrogen and oxygen atoms in total. The van der Waals surface area contributed by atoms with Crippen LogP contribution in [0.3, 0.4) is 0 Å². The van der Waals surface area contributed by atoms with Gasteiger partial charge >= 0.3 is 0 Å². The number of amides is 2. The van der Waals surface area contributed by atoms with Gasteiger partial charge in [0.1, 0.15) is 11.6 Å². The maximum atomic E-state index is 13.0. The Morgan fingerprint density at radius 2 is 1.80 bits per heavy atom. The number of nitrogens with one attached hydrogen (secondary N) is 1. The summed E-state index contributed by atoms with van der Waals surface area (Å²) in [7, 11) is 3.47. The van der Waals surface area contributed by atoms with Gasteiger partial charge in [0.2, 0.25) is 5.91 Å². The third-order valence-corrected chi connectivity index (χ3v) is 5.67. The molecule has 1 aromatic heterocycles. The SMILES string of the molecule is Cc1ncc(C(=O)N(C)C)c(C2CCC(CNC(=O)Cc3ccc(F)cc3)CC2)n1. The Labute approximate surface area is 176 Å². The van der Waals surface area contributed by atoms with Gasteiger partial charge in [-0.05, 0) is 56.2 Å². The lowest BCUT2D eigenvalue weighted by atomic mass is 9.79. The van der Waals surface area contributed by atoms with Crippen molar-refractivity contribution >= 4 is 11.8 Å². The lowest BCUT2D eigenvalue weighted by Crippen LogP contribution is -2.32. The van der Waals surface area contributed by atoms with Crippen molar-refractivity contribution in [3.63, 3.8) is 0 Å². The molecule has 0 spiro atoms. The second-order valence-electron chi connectivity index (χ2n) is 8.24. The molecular weight excluding hydrogens is 383 g/mol. The fourth-order valence-electron chi connectivity index (χ4n) is 3.95. The van der Waals surface area contributed by atoms with Crippen molar-refractivity contribution in [2.24, 2.45) is 5.92 Å². The number of hydrogen-bond donors (Lipinski definition) is 1. The molecule has 1 fully saturated rings. The number of carbonyl (C=O) groups excluding carboxylic acids is 2. The molecule has 0 aliphatic heterocycles. The summed E-state index contributed by atoms with van der Waals surface area (Å²) in [6.07, 6.45) is 5.71. The molecule has 0 bridgehead atoms. The Morgan fingerprint density at radius 3 is 2.43 bits per heavy atom. The van der Waals surface area contributed by atoms with E-state index >= 15 is 0 Å². The molecule has 3 rings (SSSR count). The molecule has 0 atom stereocenters. The zero-order valence-corrected chi connectivity index (χ0v) is 17.8. The average molecular weight is 413 g/mol. The summed E-state index contributed by atoms with van der Waals surface area (Å²) in [4.78, 5) is 35.1. The summed E-state index contributed by atoms with van der Waals surface area (Å²) in [5.41, 5.74) is 2.23. The molecule has 30 heavy (non-hydrogen) atoms. The predicted octanol–water partition coefficient (Wildman–Crippen LogP) is 3.26. The van der Waals surface area contributed by atoms with Crippen molar-refractivity contribution in [3.05, 3.63) is 58.9 Å². The van der Waals surface area contributed by atoms with Crippen LogP contribution in [-0.4, -0.2) is 47.3 Å². The molecule has 2 amide bonds. The van der Waals surface area contributed by atoms with Crippen LogP contribution in [0.5, 0.6) is 0 Å². The van der Waals surface area contributed by atoms with Crippen LogP contribution >= 0.6 is 0 Å². The van der Waals surface area contributed by atoms with E-state index in [0.717, 1.165) is 36.9 Å². The number of hydrogen-bond acceptors (Lipinski definition) is 4. The van der Waals surface area contributed by atoms with Gasteiger partial charge in [0, 0.05) is 32.8 Å². The van der Waals surface area contributed by atoms with E-state index in [9.17, 15) is 14.0 Å². The summed E-state index contributed by atoms with van der Waals surface area (Å²) < 4.78 is 13.0. The normalized spacial score (nSPS) is 18.7. The van der Waals surface area contributed by atoms with Crippen LogP contribution in [0.2, 0.25) is 0 Å². The van der Waals surface area contributed by atoms with Gasteiger partial charge < -0.3 is 10.2 Å². The molecule has 160 valence electrons. The quantitative estimate of drug-likeness (QED) is 0.790. The van der Waals surface area contributed by atoms with E-state index in [0.29, 0.717) is 23.9 Å². The number of nitrogens with zero attached hydrogens (tertiary/aromatic N) is 3. The zero-order valence-electron chi connectivity index (χ0n) is 17.8. The Kier molecular flexibility index (Phi) is 7.13. The molecule has 7 heteroatoms. The Hall–Kier alpha value is -2.83. The van der Waals surface area contributed by atoms with Gasteiger partial charge in [-0.3, -0.25) is 9.59 Å². The van der Waals surface area contributed by atoms with E-state index < -0.39 is 0 Å². The number of halogens is 1. The van der Waals surface area contributed by atoms with Gasteiger partial charge in [0.15, 0.2) is 0 Å². The second-order valence-corrected chi connectivity index (χ2v) is 8.24. The maximum absolute atomic E-state index is 13.0. The Morgan fingerprint density at radius 1 is 1.13 bits per heavy atom. The van der Waals surface area contributed by atoms with Crippen molar-refractivity contribution in [3.8, 4) is 0 Å². The monoisotopic (exact) mass is 412 g/mol. The number of benzene rings is 1. The molecule has 2 aromatic rings. The maximum Gasteiger partial charge on any atom is 0.256 e. The van der Waals surface area contributed by atoms with Gasteiger partial charge in [-0.15, -0.1) is 0 Å². The van der Waals surface area contributed by atoms with Crippen LogP contribution in [0.4, 0.5) is 4.39 Å². The van der Waals surface area contributed by atoms with Crippen LogP contribution < -0.4 is 5.32 Å². The van der Waals surface area contributed by atoms with E-state index in [2.05, 4.69) is 15.3 Å². The largest absolute Gasteiger partial charge is 0.356 e. The van der Waals surface area contributed by atoms with E-state index in [1.807, 2.05) is 6.92 Å². The summed E-state index contributed by atoms with van der Waals surface area (Å²) in [5, 5.41) is 3.00. The van der Waals surface area contributed by atoms with Gasteiger partial charge in [0.25, 0.3) is 5.91 Å². The highest BCUT2D eigenvalue weighted by Crippen LogP contribution is 2.36. The lowest BCUT2D eigenvalue weighted by molar-refractivity contribution is -0.120. The van der Waals surface area contributed by atoms with Crippen molar-refractivity contribution in [2.75, 3.05) is 20.6 Å². The highest BCUT2D eigenvalue weighted by Gasteiger charge is 2.28. The summed E-state index contributed by atoms with van der Waals surface area (Å²) in [6, 6.07) is 6.01. The predicted molar refractivity (Wildman–Crippen MR) is 113 cm³/mol. The first kappa shape index (κ1) is 21.9. The van der Waals surface area contributed by atoms with E-state index in [1.54, 1.807) is 37.3 Å². The third-order valence-electron chi connectivity index (χ3n) is 5.67. The Balaban J connectivity index is 1.53. The minimum absolute atomic E-state index is 0.0472. The van der Waals surface area contributed by atoms with Crippen LogP contribution in [0.25, 0.3) is 0 Å². The Bertz CT molecular complexity index is 891. The van der Waals surface area contributed by atoms with Crippen LogP contribution in [0, 0.1) is 18.7 Å². The minimum Gasteiger partial charge on any atom is -0.356 e. The first-order valence-corrected chi connectivity index (χ1v) is 10.4. The molecule has 1 aliphatic rings. The van der Waals surface area contributed by atoms with E-state index in [-0.39, 0.29) is 30.0 Å². The zero-order chi connectivity index (χ0) is 21.7. The van der Waals surface area contributed by atoms with Crippen molar-refractivity contribution in [1.29, 1.82) is 0 Å². The first-order valence-electron chi connectivity index (χ1n) is 10.4. The standard InChI is InChI=1S/C23H29FN4O2/c1-15-25-14-20(23(30)28(2)3)22(27-15)18-8-4-17(5-9-18)13-26-21(29)12-16-6-10-19(24)11-7-16/h6-7,10-11,14,17-18H,4-5,8-9,12-13H2,1-3H3,(H,26,29). The topological polar surface area (TPSA) is 75.2 Å². The third kappa shape index (κ3) is 5.62. The second kappa shape index (κ2) is 9.78. The van der Waals surface area contributed by atoms with Crippen molar-refractivity contribution in [1.82, 2.24) is 20.2 Å². The molecule has 1 saturated carbocycles. The molecule has 1 heterocycles. The lowest BCUT2D eigenvalue weighted by Gasteiger charge is -2.29.